The molecule has 1 aromatic rings. The lowest BCUT2D eigenvalue weighted by molar-refractivity contribution is -0.141. The summed E-state index contributed by atoms with van der Waals surface area (Å²) < 4.78 is 0. The normalized spacial score (nSPS) is 16.2. The monoisotopic (exact) mass is 398 g/mol. The van der Waals surface area contributed by atoms with E-state index < -0.39 is 6.04 Å². The maximum atomic E-state index is 12.9. The van der Waals surface area contributed by atoms with Gasteiger partial charge in [-0.2, -0.15) is 0 Å². The molecule has 1 aliphatic rings. The van der Waals surface area contributed by atoms with Gasteiger partial charge in [-0.25, -0.2) is 0 Å². The van der Waals surface area contributed by atoms with Gasteiger partial charge in [-0.1, -0.05) is 62.4 Å². The average molecular weight is 399 g/mol. The molecule has 2 rings (SSSR count). The Bertz CT molecular complexity index is 630. The van der Waals surface area contributed by atoms with Gasteiger partial charge in [0.05, 0.1) is 10.0 Å². The molecule has 1 aromatic carbocycles. The van der Waals surface area contributed by atoms with Gasteiger partial charge in [0, 0.05) is 19.0 Å². The Morgan fingerprint density at radius 2 is 1.85 bits per heavy atom. The van der Waals surface area contributed by atoms with Crippen molar-refractivity contribution in [2.24, 2.45) is 0 Å². The van der Waals surface area contributed by atoms with E-state index in [4.69, 9.17) is 23.2 Å². The van der Waals surface area contributed by atoms with Crippen molar-refractivity contribution in [1.29, 1.82) is 0 Å². The van der Waals surface area contributed by atoms with Crippen molar-refractivity contribution < 1.29 is 9.59 Å². The number of hydrogen-bond acceptors (Lipinski definition) is 2. The molecule has 0 radical (unpaired) electrons. The standard InChI is InChI=1S/C20H28Cl2N2O2/c1-3-18(20(26)23-15-8-6-5-7-9-15)24(19(25)4-2)13-14-10-11-16(21)17(22)12-14/h10-12,15,18H,3-9,13H2,1-2H3,(H,23,26). The number of carbonyl (C=O) groups is 2. The van der Waals surface area contributed by atoms with E-state index in [0.717, 1.165) is 31.2 Å². The molecule has 0 heterocycles. The number of carbonyl (C=O) groups excluding carboxylic acids is 2. The molecule has 1 saturated carbocycles. The van der Waals surface area contributed by atoms with Crippen LogP contribution in [-0.4, -0.2) is 28.8 Å². The van der Waals surface area contributed by atoms with Crippen LogP contribution in [0, 0.1) is 0 Å². The van der Waals surface area contributed by atoms with Crippen LogP contribution in [0.5, 0.6) is 0 Å². The molecule has 0 saturated heterocycles. The summed E-state index contributed by atoms with van der Waals surface area (Å²) in [5.41, 5.74) is 0.866. The summed E-state index contributed by atoms with van der Waals surface area (Å²) >= 11 is 12.1. The van der Waals surface area contributed by atoms with E-state index in [1.54, 1.807) is 17.0 Å². The Hall–Kier alpha value is -1.26. The summed E-state index contributed by atoms with van der Waals surface area (Å²) in [6, 6.07) is 5.07. The Balaban J connectivity index is 2.14. The zero-order valence-corrected chi connectivity index (χ0v) is 17.1. The first-order chi connectivity index (χ1) is 12.5. The zero-order chi connectivity index (χ0) is 19.1. The van der Waals surface area contributed by atoms with Crippen molar-refractivity contribution in [3.63, 3.8) is 0 Å². The van der Waals surface area contributed by atoms with Gasteiger partial charge < -0.3 is 10.2 Å². The SMILES string of the molecule is CCC(=O)N(Cc1ccc(Cl)c(Cl)c1)C(CC)C(=O)NC1CCCCC1. The molecule has 1 fully saturated rings. The predicted molar refractivity (Wildman–Crippen MR) is 106 cm³/mol. The molecule has 4 nitrogen and oxygen atoms in total. The van der Waals surface area contributed by atoms with Crippen LogP contribution < -0.4 is 5.32 Å². The number of halogens is 2. The molecular formula is C20H28Cl2N2O2. The third kappa shape index (κ3) is 5.62. The molecule has 0 aromatic heterocycles. The van der Waals surface area contributed by atoms with Gasteiger partial charge in [0.25, 0.3) is 0 Å². The minimum atomic E-state index is -0.473. The number of amides is 2. The Kier molecular flexibility index (Phi) is 8.23. The highest BCUT2D eigenvalue weighted by atomic mass is 35.5. The van der Waals surface area contributed by atoms with Crippen LogP contribution >= 0.6 is 23.2 Å². The highest BCUT2D eigenvalue weighted by Gasteiger charge is 2.29. The summed E-state index contributed by atoms with van der Waals surface area (Å²) in [6.07, 6.45) is 6.53. The lowest BCUT2D eigenvalue weighted by Gasteiger charge is -2.32. The summed E-state index contributed by atoms with van der Waals surface area (Å²) in [6.45, 7) is 4.10. The number of rotatable bonds is 7. The highest BCUT2D eigenvalue weighted by Crippen LogP contribution is 2.24. The Morgan fingerprint density at radius 3 is 2.42 bits per heavy atom. The molecule has 1 N–H and O–H groups in total. The smallest absolute Gasteiger partial charge is 0.243 e. The van der Waals surface area contributed by atoms with Crippen LogP contribution in [0.15, 0.2) is 18.2 Å². The van der Waals surface area contributed by atoms with Gasteiger partial charge in [0.2, 0.25) is 11.8 Å². The van der Waals surface area contributed by atoms with E-state index in [-0.39, 0.29) is 17.9 Å². The Morgan fingerprint density at radius 1 is 1.15 bits per heavy atom. The van der Waals surface area contributed by atoms with Crippen molar-refractivity contribution in [2.45, 2.75) is 77.4 Å². The molecule has 2 amide bonds. The van der Waals surface area contributed by atoms with Crippen LogP contribution in [0.3, 0.4) is 0 Å². The van der Waals surface area contributed by atoms with Crippen LogP contribution in [0.4, 0.5) is 0 Å². The first-order valence-corrected chi connectivity index (χ1v) is 10.3. The van der Waals surface area contributed by atoms with Crippen LogP contribution in [0.1, 0.15) is 64.4 Å². The Labute approximate surface area is 166 Å². The fraction of sp³-hybridized carbons (Fsp3) is 0.600. The molecule has 0 bridgehead atoms. The fourth-order valence-electron chi connectivity index (χ4n) is 3.50. The quantitative estimate of drug-likeness (QED) is 0.705. The van der Waals surface area contributed by atoms with Crippen molar-refractivity contribution >= 4 is 35.0 Å². The van der Waals surface area contributed by atoms with Crippen LogP contribution in [0.25, 0.3) is 0 Å². The zero-order valence-electron chi connectivity index (χ0n) is 15.6. The molecular weight excluding hydrogens is 371 g/mol. The van der Waals surface area contributed by atoms with Crippen molar-refractivity contribution in [3.8, 4) is 0 Å². The minimum Gasteiger partial charge on any atom is -0.352 e. The van der Waals surface area contributed by atoms with Gasteiger partial charge in [0.15, 0.2) is 0 Å². The van der Waals surface area contributed by atoms with E-state index in [1.807, 2.05) is 19.9 Å². The first-order valence-electron chi connectivity index (χ1n) is 9.50. The third-order valence-electron chi connectivity index (χ3n) is 4.98. The molecule has 1 aliphatic carbocycles. The molecule has 1 unspecified atom stereocenters. The molecule has 1 atom stereocenters. The summed E-state index contributed by atoms with van der Waals surface area (Å²) in [4.78, 5) is 27.1. The number of benzene rings is 1. The van der Waals surface area contributed by atoms with Gasteiger partial charge in [0.1, 0.15) is 6.04 Å². The van der Waals surface area contributed by atoms with Gasteiger partial charge in [-0.15, -0.1) is 0 Å². The summed E-state index contributed by atoms with van der Waals surface area (Å²) in [5, 5.41) is 4.08. The topological polar surface area (TPSA) is 49.4 Å². The van der Waals surface area contributed by atoms with E-state index in [9.17, 15) is 9.59 Å². The summed E-state index contributed by atoms with van der Waals surface area (Å²) in [7, 11) is 0. The minimum absolute atomic E-state index is 0.0401. The fourth-order valence-corrected chi connectivity index (χ4v) is 3.82. The van der Waals surface area contributed by atoms with E-state index in [1.165, 1.54) is 6.42 Å². The van der Waals surface area contributed by atoms with Crippen LogP contribution in [-0.2, 0) is 16.1 Å². The largest absolute Gasteiger partial charge is 0.352 e. The average Bonchev–Trinajstić information content (AvgIpc) is 2.64. The molecule has 0 spiro atoms. The number of nitrogens with zero attached hydrogens (tertiary/aromatic N) is 1. The second kappa shape index (κ2) is 10.2. The lowest BCUT2D eigenvalue weighted by Crippen LogP contribution is -2.51. The molecule has 144 valence electrons. The molecule has 26 heavy (non-hydrogen) atoms. The first kappa shape index (κ1) is 21.0. The predicted octanol–water partition coefficient (Wildman–Crippen LogP) is 4.96. The van der Waals surface area contributed by atoms with Gasteiger partial charge in [-0.05, 0) is 37.0 Å². The number of hydrogen-bond donors (Lipinski definition) is 1. The molecule has 0 aliphatic heterocycles. The second-order valence-corrected chi connectivity index (χ2v) is 7.71. The lowest BCUT2D eigenvalue weighted by atomic mass is 9.95. The molecule has 6 heteroatoms. The third-order valence-corrected chi connectivity index (χ3v) is 5.72. The summed E-state index contributed by atoms with van der Waals surface area (Å²) in [5.74, 6) is -0.0945. The van der Waals surface area contributed by atoms with E-state index >= 15 is 0 Å². The number of nitrogens with one attached hydrogen (secondary N) is 1. The van der Waals surface area contributed by atoms with Crippen molar-refractivity contribution in [3.05, 3.63) is 33.8 Å². The van der Waals surface area contributed by atoms with Crippen molar-refractivity contribution in [2.75, 3.05) is 0 Å². The maximum Gasteiger partial charge on any atom is 0.243 e. The van der Waals surface area contributed by atoms with Crippen LogP contribution in [0.2, 0.25) is 10.0 Å². The van der Waals surface area contributed by atoms with E-state index in [0.29, 0.717) is 29.4 Å². The van der Waals surface area contributed by atoms with Gasteiger partial charge >= 0.3 is 0 Å². The second-order valence-electron chi connectivity index (χ2n) is 6.89. The highest BCUT2D eigenvalue weighted by molar-refractivity contribution is 6.42. The van der Waals surface area contributed by atoms with Gasteiger partial charge in [-0.3, -0.25) is 9.59 Å². The van der Waals surface area contributed by atoms with E-state index in [2.05, 4.69) is 5.32 Å². The van der Waals surface area contributed by atoms with Crippen molar-refractivity contribution in [1.82, 2.24) is 10.2 Å². The maximum absolute atomic E-state index is 12.9.